The van der Waals surface area contributed by atoms with Gasteiger partial charge in [-0.1, -0.05) is 56.6 Å². The van der Waals surface area contributed by atoms with E-state index in [1.54, 1.807) is 0 Å². The van der Waals surface area contributed by atoms with Crippen LogP contribution in [0.4, 0.5) is 22.0 Å². The molecule has 260 valence electrons. The van der Waals surface area contributed by atoms with E-state index in [9.17, 15) is 31.5 Å². The Morgan fingerprint density at radius 3 is 2.47 bits per heavy atom. The largest absolute Gasteiger partial charge is 0.463 e. The first-order valence-corrected chi connectivity index (χ1v) is 16.5. The Hall–Kier alpha value is -4.11. The van der Waals surface area contributed by atoms with Crippen molar-refractivity contribution in [3.63, 3.8) is 0 Å². The normalized spacial score (nSPS) is 19.8. The molecular formula is C33H32ClF5N6O3S. The first-order chi connectivity index (χ1) is 22.9. The van der Waals surface area contributed by atoms with Gasteiger partial charge in [0.25, 0.3) is 12.3 Å². The number of rotatable bonds is 10. The number of benzene rings is 2. The Morgan fingerprint density at radius 1 is 1.12 bits per heavy atom. The molecule has 2 aromatic heterocycles. The van der Waals surface area contributed by atoms with Gasteiger partial charge >= 0.3 is 12.1 Å². The van der Waals surface area contributed by atoms with Gasteiger partial charge in [0, 0.05) is 9.58 Å². The van der Waals surface area contributed by atoms with Crippen molar-refractivity contribution >= 4 is 50.9 Å². The van der Waals surface area contributed by atoms with E-state index in [0.29, 0.717) is 4.88 Å². The second-order valence-electron chi connectivity index (χ2n) is 13.6. The Morgan fingerprint density at radius 2 is 1.84 bits per heavy atom. The van der Waals surface area contributed by atoms with Crippen molar-refractivity contribution in [3.8, 4) is 5.69 Å². The number of fused-ring (bicyclic) bond motifs is 1. The van der Waals surface area contributed by atoms with Gasteiger partial charge in [0.1, 0.15) is 12.9 Å². The van der Waals surface area contributed by atoms with E-state index in [2.05, 4.69) is 10.1 Å². The Labute approximate surface area is 286 Å². The lowest BCUT2D eigenvalue weighted by atomic mass is 9.78. The van der Waals surface area contributed by atoms with Crippen LogP contribution >= 0.6 is 22.9 Å². The highest BCUT2D eigenvalue weighted by Gasteiger charge is 2.64. The van der Waals surface area contributed by atoms with Crippen molar-refractivity contribution in [1.82, 2.24) is 19.7 Å². The lowest BCUT2D eigenvalue weighted by molar-refractivity contribution is -0.195. The van der Waals surface area contributed by atoms with Crippen LogP contribution in [-0.2, 0) is 19.9 Å². The fourth-order valence-corrected chi connectivity index (χ4v) is 7.62. The molecule has 0 radical (unpaired) electrons. The molecule has 0 unspecified atom stereocenters. The number of aromatic nitrogens is 3. The number of hydrogen-bond acceptors (Lipinski definition) is 8. The number of nitrogens with zero attached hydrogens (tertiary/aromatic N) is 5. The van der Waals surface area contributed by atoms with Crippen molar-refractivity contribution < 1.29 is 36.3 Å². The average Bonchev–Trinajstić information content (AvgIpc) is 3.34. The topological polar surface area (TPSA) is 116 Å². The minimum absolute atomic E-state index is 0.00879. The van der Waals surface area contributed by atoms with Crippen molar-refractivity contribution in [2.45, 2.75) is 70.6 Å². The molecule has 1 aliphatic carbocycles. The van der Waals surface area contributed by atoms with Crippen LogP contribution in [0.2, 0.25) is 5.02 Å². The number of halogens is 6. The number of esters is 1. The quantitative estimate of drug-likeness (QED) is 0.132. The molecule has 0 bridgehead atoms. The molecule has 1 amide bonds. The van der Waals surface area contributed by atoms with Crippen molar-refractivity contribution in [2.24, 2.45) is 21.6 Å². The van der Waals surface area contributed by atoms with Crippen LogP contribution in [0.5, 0.6) is 0 Å². The molecule has 0 saturated heterocycles. The molecule has 0 spiro atoms. The van der Waals surface area contributed by atoms with Gasteiger partial charge in [0.15, 0.2) is 17.3 Å². The van der Waals surface area contributed by atoms with Crippen LogP contribution in [0, 0.1) is 10.8 Å². The van der Waals surface area contributed by atoms with Crippen molar-refractivity contribution in [1.29, 1.82) is 0 Å². The van der Waals surface area contributed by atoms with Crippen LogP contribution in [-0.4, -0.2) is 50.3 Å². The maximum atomic E-state index is 14.8. The third-order valence-corrected chi connectivity index (χ3v) is 10.3. The summed E-state index contributed by atoms with van der Waals surface area (Å²) >= 11 is 7.80. The van der Waals surface area contributed by atoms with Gasteiger partial charge < -0.3 is 10.5 Å². The molecule has 9 nitrogen and oxygen atoms in total. The van der Waals surface area contributed by atoms with Crippen molar-refractivity contribution in [3.05, 3.63) is 76.1 Å². The molecule has 2 aliphatic rings. The molecule has 1 saturated carbocycles. The maximum Gasteiger partial charge on any atom is 0.395 e. The summed E-state index contributed by atoms with van der Waals surface area (Å²) < 4.78 is 75.8. The highest BCUT2D eigenvalue weighted by molar-refractivity contribution is 7.19. The SMILES string of the molecule is CC(C)(C)C[C@]1(c2cc3ccccc3s2)N=C(N)N([C@H](COC(=O)CC2(C(F)(F)F)CC2)c2ccc(Cl)c(-n3ncnc3C(F)F)c2)C1=O. The summed E-state index contributed by atoms with van der Waals surface area (Å²) in [5, 5.41) is 4.79. The number of thiophene rings is 1. The summed E-state index contributed by atoms with van der Waals surface area (Å²) in [7, 11) is 0. The first kappa shape index (κ1) is 34.7. The van der Waals surface area contributed by atoms with Crippen molar-refractivity contribution in [2.75, 3.05) is 6.61 Å². The zero-order valence-electron chi connectivity index (χ0n) is 26.6. The predicted molar refractivity (Wildman–Crippen MR) is 173 cm³/mol. The second-order valence-corrected chi connectivity index (χ2v) is 15.1. The smallest absolute Gasteiger partial charge is 0.395 e. The third-order valence-electron chi connectivity index (χ3n) is 8.75. The highest BCUT2D eigenvalue weighted by Crippen LogP contribution is 2.60. The predicted octanol–water partition coefficient (Wildman–Crippen LogP) is 7.88. The van der Waals surface area contributed by atoms with Crippen LogP contribution in [0.15, 0.2) is 59.9 Å². The third kappa shape index (κ3) is 6.50. The monoisotopic (exact) mass is 722 g/mol. The van der Waals surface area contributed by atoms with E-state index in [1.807, 2.05) is 51.1 Å². The standard InChI is InChI=1S/C33H32ClF5N6O3S/c1-30(2,3)16-32(24-13-19-6-4-5-7-23(19)49-24)28(47)44(29(40)43-32)22(15-48-25(46)14-31(10-11-31)33(37,38)39)18-8-9-20(34)21(12-18)45-27(26(35)36)41-17-42-45/h4-9,12-13,17,22,26H,10-11,14-16H2,1-3H3,(H2,40,43)/t22-,32-/m1/s1. The van der Waals surface area contributed by atoms with E-state index < -0.39 is 65.7 Å². The molecule has 1 aliphatic heterocycles. The van der Waals surface area contributed by atoms with Crippen LogP contribution in [0.3, 0.4) is 0 Å². The molecular weight excluding hydrogens is 691 g/mol. The Bertz CT molecular complexity index is 1920. The number of guanidine groups is 1. The van der Waals surface area contributed by atoms with Gasteiger partial charge in [-0.3, -0.25) is 14.5 Å². The number of ether oxygens (including phenoxy) is 1. The first-order valence-electron chi connectivity index (χ1n) is 15.3. The average molecular weight is 723 g/mol. The summed E-state index contributed by atoms with van der Waals surface area (Å²) in [5.41, 5.74) is 2.65. The lowest BCUT2D eigenvalue weighted by Crippen LogP contribution is -2.47. The van der Waals surface area contributed by atoms with Crippen LogP contribution < -0.4 is 5.73 Å². The number of carbonyl (C=O) groups is 2. The Kier molecular flexibility index (Phi) is 8.75. The van der Waals surface area contributed by atoms with Gasteiger partial charge in [-0.05, 0) is 59.9 Å². The zero-order valence-corrected chi connectivity index (χ0v) is 28.2. The number of carbonyl (C=O) groups excluding carboxylic acids is 2. The summed E-state index contributed by atoms with van der Waals surface area (Å²) in [6.07, 6.45) is -7.73. The van der Waals surface area contributed by atoms with E-state index in [-0.39, 0.29) is 41.5 Å². The number of alkyl halides is 5. The van der Waals surface area contributed by atoms with Crippen LogP contribution in [0.1, 0.15) is 75.2 Å². The maximum absolute atomic E-state index is 14.8. The fourth-order valence-electron chi connectivity index (χ4n) is 6.23. The molecule has 1 fully saturated rings. The fraction of sp³-hybridized carbons (Fsp3) is 0.424. The van der Waals surface area contributed by atoms with Gasteiger partial charge in [-0.2, -0.15) is 18.3 Å². The minimum atomic E-state index is -4.59. The summed E-state index contributed by atoms with van der Waals surface area (Å²) in [4.78, 5) is 37.9. The van der Waals surface area contributed by atoms with Gasteiger partial charge in [0.05, 0.1) is 28.6 Å². The zero-order chi connectivity index (χ0) is 35.5. The molecule has 2 aromatic carbocycles. The molecule has 6 rings (SSSR count). The van der Waals surface area contributed by atoms with E-state index in [0.717, 1.165) is 26.0 Å². The number of nitrogens with two attached hydrogens (primary N) is 1. The molecule has 16 heteroatoms. The van der Waals surface area contributed by atoms with Gasteiger partial charge in [-0.15, -0.1) is 11.3 Å². The number of aliphatic imine (C=N–C) groups is 1. The lowest BCUT2D eigenvalue weighted by Gasteiger charge is -2.34. The van der Waals surface area contributed by atoms with Gasteiger partial charge in [-0.25, -0.2) is 23.4 Å². The molecule has 2 N–H and O–H groups in total. The second kappa shape index (κ2) is 12.3. The van der Waals surface area contributed by atoms with E-state index in [1.165, 1.54) is 29.5 Å². The highest BCUT2D eigenvalue weighted by atomic mass is 35.5. The summed E-state index contributed by atoms with van der Waals surface area (Å²) in [5.74, 6) is -2.58. The van der Waals surface area contributed by atoms with E-state index >= 15 is 0 Å². The van der Waals surface area contributed by atoms with Crippen LogP contribution in [0.25, 0.3) is 15.8 Å². The number of hydrogen-bond donors (Lipinski definition) is 1. The summed E-state index contributed by atoms with van der Waals surface area (Å²) in [6.45, 7) is 5.22. The molecule has 3 heterocycles. The molecule has 2 atom stereocenters. The molecule has 4 aromatic rings. The number of amides is 1. The minimum Gasteiger partial charge on any atom is -0.463 e. The molecule has 49 heavy (non-hydrogen) atoms. The summed E-state index contributed by atoms with van der Waals surface area (Å²) in [6, 6.07) is 12.4. The van der Waals surface area contributed by atoms with E-state index in [4.69, 9.17) is 27.1 Å². The Balaban J connectivity index is 1.43. The van der Waals surface area contributed by atoms with Gasteiger partial charge in [0.2, 0.25) is 0 Å².